The Labute approximate surface area is 153 Å². The summed E-state index contributed by atoms with van der Waals surface area (Å²) in [5, 5.41) is 6.03. The van der Waals surface area contributed by atoms with Crippen molar-refractivity contribution in [1.82, 2.24) is 9.97 Å². The number of pyridine rings is 2. The van der Waals surface area contributed by atoms with Gasteiger partial charge in [0.15, 0.2) is 0 Å². The summed E-state index contributed by atoms with van der Waals surface area (Å²) >= 11 is 3.46. The Hall–Kier alpha value is -2.78. The zero-order valence-corrected chi connectivity index (χ0v) is 14.9. The van der Waals surface area contributed by atoms with Crippen LogP contribution in [0.5, 0.6) is 0 Å². The molecule has 0 bridgehead atoms. The van der Waals surface area contributed by atoms with Crippen LogP contribution in [0.3, 0.4) is 0 Å². The Morgan fingerprint density at radius 3 is 2.32 bits per heavy atom. The van der Waals surface area contributed by atoms with Gasteiger partial charge in [0.25, 0.3) is 0 Å². The molecule has 2 aromatic heterocycles. The monoisotopic (exact) mass is 384 g/mol. The molecule has 0 saturated heterocycles. The van der Waals surface area contributed by atoms with Gasteiger partial charge >= 0.3 is 0 Å². The Morgan fingerprint density at radius 2 is 1.48 bits per heavy atom. The molecule has 0 saturated carbocycles. The smallest absolute Gasteiger partial charge is 0.0972 e. The molecule has 0 spiro atoms. The quantitative estimate of drug-likeness (QED) is 0.314. The number of hydrogen-bond donors (Lipinski definition) is 0. The van der Waals surface area contributed by atoms with Gasteiger partial charge in [-0.1, -0.05) is 54.6 Å². The van der Waals surface area contributed by atoms with E-state index in [1.54, 1.807) is 0 Å². The van der Waals surface area contributed by atoms with Gasteiger partial charge in [-0.2, -0.15) is 0 Å². The first-order valence-electron chi connectivity index (χ1n) is 8.13. The van der Waals surface area contributed by atoms with E-state index in [2.05, 4.69) is 75.5 Å². The van der Waals surface area contributed by atoms with Gasteiger partial charge in [0.2, 0.25) is 0 Å². The van der Waals surface area contributed by atoms with E-state index >= 15 is 0 Å². The molecule has 3 aromatic carbocycles. The van der Waals surface area contributed by atoms with Gasteiger partial charge in [0.05, 0.1) is 16.9 Å². The highest BCUT2D eigenvalue weighted by molar-refractivity contribution is 9.10. The van der Waals surface area contributed by atoms with E-state index in [0.717, 1.165) is 26.8 Å². The lowest BCUT2D eigenvalue weighted by atomic mass is 9.96. The lowest BCUT2D eigenvalue weighted by molar-refractivity contribution is 1.28. The minimum Gasteiger partial charge on any atom is -0.253 e. The van der Waals surface area contributed by atoms with Crippen molar-refractivity contribution in [2.45, 2.75) is 0 Å². The molecule has 2 heterocycles. The molecule has 0 amide bonds. The maximum absolute atomic E-state index is 4.93. The standard InChI is InChI=1S/C22H13BrN2/c23-15-10-12-20(24-13-15)22-18-11-9-14-5-1-2-6-16(14)21(18)17-7-3-4-8-19(17)25-22/h1-13H. The van der Waals surface area contributed by atoms with Crippen molar-refractivity contribution in [2.24, 2.45) is 0 Å². The molecule has 2 nitrogen and oxygen atoms in total. The second kappa shape index (κ2) is 5.64. The average Bonchev–Trinajstić information content (AvgIpc) is 2.67. The number of halogens is 1. The second-order valence-electron chi connectivity index (χ2n) is 6.05. The van der Waals surface area contributed by atoms with Crippen LogP contribution in [0.1, 0.15) is 0 Å². The number of rotatable bonds is 1. The van der Waals surface area contributed by atoms with Crippen molar-refractivity contribution in [2.75, 3.05) is 0 Å². The predicted molar refractivity (Wildman–Crippen MR) is 108 cm³/mol. The molecule has 25 heavy (non-hydrogen) atoms. The SMILES string of the molecule is Brc1ccc(-c2nc3ccccc3c3c2ccc2ccccc23)nc1. The Balaban J connectivity index is 2.01. The van der Waals surface area contributed by atoms with Crippen LogP contribution in [0.2, 0.25) is 0 Å². The molecule has 0 unspecified atom stereocenters. The summed E-state index contributed by atoms with van der Waals surface area (Å²) in [7, 11) is 0. The first-order valence-corrected chi connectivity index (χ1v) is 8.93. The first-order chi connectivity index (χ1) is 12.3. The summed E-state index contributed by atoms with van der Waals surface area (Å²) in [5.74, 6) is 0. The van der Waals surface area contributed by atoms with Gasteiger partial charge in [0.1, 0.15) is 0 Å². The average molecular weight is 385 g/mol. The normalized spacial score (nSPS) is 11.4. The molecule has 3 heteroatoms. The van der Waals surface area contributed by atoms with Crippen LogP contribution in [0, 0.1) is 0 Å². The van der Waals surface area contributed by atoms with Gasteiger partial charge in [0, 0.05) is 26.8 Å². The third-order valence-electron chi connectivity index (χ3n) is 4.56. The molecular formula is C22H13BrN2. The van der Waals surface area contributed by atoms with Crippen LogP contribution in [-0.4, -0.2) is 9.97 Å². The van der Waals surface area contributed by atoms with Crippen molar-refractivity contribution in [3.63, 3.8) is 0 Å². The van der Waals surface area contributed by atoms with Crippen LogP contribution in [-0.2, 0) is 0 Å². The summed E-state index contributed by atoms with van der Waals surface area (Å²) < 4.78 is 0.965. The molecule has 0 radical (unpaired) electrons. The van der Waals surface area contributed by atoms with Gasteiger partial charge < -0.3 is 0 Å². The number of para-hydroxylation sites is 1. The number of hydrogen-bond acceptors (Lipinski definition) is 2. The molecule has 0 atom stereocenters. The van der Waals surface area contributed by atoms with Crippen LogP contribution in [0.25, 0.3) is 43.8 Å². The fraction of sp³-hybridized carbons (Fsp3) is 0. The maximum atomic E-state index is 4.93. The van der Waals surface area contributed by atoms with Gasteiger partial charge in [-0.15, -0.1) is 0 Å². The fourth-order valence-corrected chi connectivity index (χ4v) is 3.67. The Bertz CT molecular complexity index is 1230. The highest BCUT2D eigenvalue weighted by Gasteiger charge is 2.13. The fourth-order valence-electron chi connectivity index (χ4n) is 3.43. The predicted octanol–water partition coefficient (Wildman–Crippen LogP) is 6.37. The second-order valence-corrected chi connectivity index (χ2v) is 6.96. The third kappa shape index (κ3) is 2.31. The Morgan fingerprint density at radius 1 is 0.680 bits per heavy atom. The molecule has 0 fully saturated rings. The van der Waals surface area contributed by atoms with E-state index in [0.29, 0.717) is 0 Å². The zero-order chi connectivity index (χ0) is 16.8. The summed E-state index contributed by atoms with van der Waals surface area (Å²) in [4.78, 5) is 9.51. The molecule has 5 aromatic rings. The largest absolute Gasteiger partial charge is 0.253 e. The molecule has 0 aliphatic rings. The summed E-state index contributed by atoms with van der Waals surface area (Å²) in [5.41, 5.74) is 2.80. The topological polar surface area (TPSA) is 25.8 Å². The highest BCUT2D eigenvalue weighted by Crippen LogP contribution is 2.36. The van der Waals surface area contributed by atoms with E-state index in [1.807, 2.05) is 24.4 Å². The number of benzene rings is 3. The van der Waals surface area contributed by atoms with Crippen LogP contribution >= 0.6 is 15.9 Å². The van der Waals surface area contributed by atoms with Crippen molar-refractivity contribution in [1.29, 1.82) is 0 Å². The van der Waals surface area contributed by atoms with E-state index in [4.69, 9.17) is 4.98 Å². The lowest BCUT2D eigenvalue weighted by Crippen LogP contribution is -1.92. The number of aromatic nitrogens is 2. The maximum Gasteiger partial charge on any atom is 0.0972 e. The first kappa shape index (κ1) is 14.6. The van der Waals surface area contributed by atoms with Crippen molar-refractivity contribution >= 4 is 48.4 Å². The summed E-state index contributed by atoms with van der Waals surface area (Å²) in [6.45, 7) is 0. The van der Waals surface area contributed by atoms with Gasteiger partial charge in [-0.05, 0) is 44.9 Å². The summed E-state index contributed by atoms with van der Waals surface area (Å²) in [6, 6.07) is 25.2. The van der Waals surface area contributed by atoms with E-state index < -0.39 is 0 Å². The molecule has 0 aliphatic heterocycles. The van der Waals surface area contributed by atoms with E-state index in [1.165, 1.54) is 21.5 Å². The number of fused-ring (bicyclic) bond motifs is 5. The minimum atomic E-state index is 0.884. The van der Waals surface area contributed by atoms with Gasteiger partial charge in [-0.25, -0.2) is 4.98 Å². The van der Waals surface area contributed by atoms with Crippen LogP contribution < -0.4 is 0 Å². The van der Waals surface area contributed by atoms with Crippen LogP contribution in [0.15, 0.2) is 83.5 Å². The van der Waals surface area contributed by atoms with E-state index in [9.17, 15) is 0 Å². The van der Waals surface area contributed by atoms with Gasteiger partial charge in [-0.3, -0.25) is 4.98 Å². The zero-order valence-electron chi connectivity index (χ0n) is 13.3. The molecule has 118 valence electrons. The molecule has 5 rings (SSSR count). The molecule has 0 N–H and O–H groups in total. The van der Waals surface area contributed by atoms with E-state index in [-0.39, 0.29) is 0 Å². The van der Waals surface area contributed by atoms with Crippen LogP contribution in [0.4, 0.5) is 0 Å². The molecular weight excluding hydrogens is 372 g/mol. The van der Waals surface area contributed by atoms with Crippen molar-refractivity contribution < 1.29 is 0 Å². The third-order valence-corrected chi connectivity index (χ3v) is 5.03. The summed E-state index contributed by atoms with van der Waals surface area (Å²) in [6.07, 6.45) is 1.82. The molecule has 0 aliphatic carbocycles. The van der Waals surface area contributed by atoms with Crippen molar-refractivity contribution in [3.05, 3.63) is 83.5 Å². The number of nitrogens with zero attached hydrogens (tertiary/aromatic N) is 2. The lowest BCUT2D eigenvalue weighted by Gasteiger charge is -2.12. The minimum absolute atomic E-state index is 0.884. The Kier molecular flexibility index (Phi) is 3.28. The highest BCUT2D eigenvalue weighted by atomic mass is 79.9. The van der Waals surface area contributed by atoms with Crippen molar-refractivity contribution in [3.8, 4) is 11.4 Å².